The molecule has 1 aromatic rings. The Labute approximate surface area is 183 Å². The molecule has 0 aromatic heterocycles. The van der Waals surface area contributed by atoms with E-state index in [0.717, 1.165) is 22.3 Å². The molecule has 164 valence electrons. The lowest BCUT2D eigenvalue weighted by molar-refractivity contribution is -0.140. The summed E-state index contributed by atoms with van der Waals surface area (Å²) in [6.07, 6.45) is 3.48. The van der Waals surface area contributed by atoms with Crippen molar-refractivity contribution in [2.75, 3.05) is 7.05 Å². The molecule has 2 amide bonds. The Balaban J connectivity index is 1.72. The molecule has 31 heavy (non-hydrogen) atoms. The molecule has 1 aromatic carbocycles. The van der Waals surface area contributed by atoms with Gasteiger partial charge in [0.15, 0.2) is 0 Å². The number of hydrogen-bond acceptors (Lipinski definition) is 4. The highest BCUT2D eigenvalue weighted by atomic mass is 16.2. The van der Waals surface area contributed by atoms with E-state index in [1.165, 1.54) is 7.05 Å². The molecule has 6 nitrogen and oxygen atoms in total. The van der Waals surface area contributed by atoms with E-state index in [-0.39, 0.29) is 23.0 Å². The summed E-state index contributed by atoms with van der Waals surface area (Å²) in [7, 11) is 1.42. The summed E-state index contributed by atoms with van der Waals surface area (Å²) >= 11 is 0. The summed E-state index contributed by atoms with van der Waals surface area (Å²) in [5, 5.41) is 5.06. The molecular formula is C25H30N2O4. The number of carbonyl (C=O) groups is 4. The van der Waals surface area contributed by atoms with Gasteiger partial charge >= 0.3 is 11.8 Å². The van der Waals surface area contributed by atoms with E-state index in [4.69, 9.17) is 0 Å². The van der Waals surface area contributed by atoms with Crippen molar-refractivity contribution in [3.05, 3.63) is 34.4 Å². The van der Waals surface area contributed by atoms with E-state index in [1.807, 2.05) is 26.0 Å². The average Bonchev–Trinajstić information content (AvgIpc) is 2.71. The molecule has 0 bridgehead atoms. The van der Waals surface area contributed by atoms with Gasteiger partial charge in [0.25, 0.3) is 0 Å². The highest BCUT2D eigenvalue weighted by molar-refractivity contribution is 6.35. The van der Waals surface area contributed by atoms with Crippen molar-refractivity contribution in [1.82, 2.24) is 10.6 Å². The van der Waals surface area contributed by atoms with Crippen LogP contribution < -0.4 is 10.6 Å². The summed E-state index contributed by atoms with van der Waals surface area (Å²) in [5.41, 5.74) is 3.26. The van der Waals surface area contributed by atoms with E-state index in [1.54, 1.807) is 6.92 Å². The Hall–Kier alpha value is -2.94. The number of likely N-dealkylation sites (N-methyl/N-ethyl adjacent to an activating group) is 1. The third kappa shape index (κ3) is 4.71. The normalized spacial score (nSPS) is 25.5. The van der Waals surface area contributed by atoms with Gasteiger partial charge < -0.3 is 10.6 Å². The van der Waals surface area contributed by atoms with Gasteiger partial charge in [0, 0.05) is 31.5 Å². The van der Waals surface area contributed by atoms with Gasteiger partial charge in [0.05, 0.1) is 0 Å². The van der Waals surface area contributed by atoms with Gasteiger partial charge in [-0.05, 0) is 80.7 Å². The lowest BCUT2D eigenvalue weighted by Crippen LogP contribution is -2.48. The molecule has 6 heteroatoms. The Morgan fingerprint density at radius 2 is 1.55 bits per heavy atom. The highest BCUT2D eigenvalue weighted by Gasteiger charge is 2.47. The van der Waals surface area contributed by atoms with Crippen LogP contribution in [0.5, 0.6) is 0 Å². The highest BCUT2D eigenvalue weighted by Crippen LogP contribution is 2.49. The number of benzene rings is 1. The topological polar surface area (TPSA) is 92.3 Å². The first-order chi connectivity index (χ1) is 14.7. The second-order valence-corrected chi connectivity index (χ2v) is 8.94. The first-order valence-electron chi connectivity index (χ1n) is 10.8. The number of Topliss-reactive ketones (excluding diaryl/α,β-unsaturated/α-hetero) is 2. The van der Waals surface area contributed by atoms with Crippen LogP contribution in [0.4, 0.5) is 0 Å². The van der Waals surface area contributed by atoms with E-state index in [2.05, 4.69) is 22.5 Å². The number of amides is 2. The van der Waals surface area contributed by atoms with E-state index in [9.17, 15) is 19.2 Å². The number of aryl methyl sites for hydroxylation is 2. The van der Waals surface area contributed by atoms with Crippen LogP contribution in [0.15, 0.2) is 12.1 Å². The molecule has 1 spiro atoms. The van der Waals surface area contributed by atoms with Crippen LogP contribution in [0.1, 0.15) is 73.6 Å². The van der Waals surface area contributed by atoms with Crippen molar-refractivity contribution < 1.29 is 19.2 Å². The van der Waals surface area contributed by atoms with Gasteiger partial charge in [-0.3, -0.25) is 19.2 Å². The average molecular weight is 423 g/mol. The Kier molecular flexibility index (Phi) is 6.64. The lowest BCUT2D eigenvalue weighted by atomic mass is 9.60. The molecule has 0 unspecified atom stereocenters. The van der Waals surface area contributed by atoms with Gasteiger partial charge in [-0.2, -0.15) is 0 Å². The van der Waals surface area contributed by atoms with Gasteiger partial charge in [-0.1, -0.05) is 5.92 Å². The summed E-state index contributed by atoms with van der Waals surface area (Å²) in [6.45, 7) is 5.66. The van der Waals surface area contributed by atoms with Crippen LogP contribution in [-0.2, 0) is 19.2 Å². The summed E-state index contributed by atoms with van der Waals surface area (Å²) in [4.78, 5) is 49.7. The Bertz CT molecular complexity index is 948. The second kappa shape index (κ2) is 9.05. The lowest BCUT2D eigenvalue weighted by Gasteiger charge is -2.43. The van der Waals surface area contributed by atoms with Crippen LogP contribution in [0.3, 0.4) is 0 Å². The molecule has 0 atom stereocenters. The Morgan fingerprint density at radius 3 is 2.03 bits per heavy atom. The minimum Gasteiger partial charge on any atom is -0.351 e. The van der Waals surface area contributed by atoms with Crippen molar-refractivity contribution in [3.63, 3.8) is 0 Å². The zero-order chi connectivity index (χ0) is 22.8. The predicted octanol–water partition coefficient (Wildman–Crippen LogP) is 2.48. The molecule has 2 N–H and O–H groups in total. The fraction of sp³-hybridized carbons (Fsp3) is 0.520. The molecular weight excluding hydrogens is 392 g/mol. The minimum atomic E-state index is -0.695. The largest absolute Gasteiger partial charge is 0.351 e. The fourth-order valence-electron chi connectivity index (χ4n) is 5.25. The number of rotatable bonds is 2. The predicted molar refractivity (Wildman–Crippen MR) is 117 cm³/mol. The quantitative estimate of drug-likeness (QED) is 0.435. The van der Waals surface area contributed by atoms with Crippen molar-refractivity contribution in [2.45, 2.75) is 71.3 Å². The standard InChI is InChI=1S/C25H30N2O4/c1-5-6-17-11-15(2)21(16(3)12-17)22-19(28)13-25(14-20(22)29)9-7-18(8-10-25)27-24(31)23(30)26-4/h11-12,18,22H,7-10,13-14H2,1-4H3,(H,26,30)(H,27,31). The van der Waals surface area contributed by atoms with Crippen molar-refractivity contribution >= 4 is 23.4 Å². The van der Waals surface area contributed by atoms with Crippen LogP contribution in [0.25, 0.3) is 0 Å². The summed E-state index contributed by atoms with van der Waals surface area (Å²) < 4.78 is 0. The van der Waals surface area contributed by atoms with Crippen molar-refractivity contribution in [1.29, 1.82) is 0 Å². The first-order valence-corrected chi connectivity index (χ1v) is 10.8. The van der Waals surface area contributed by atoms with Crippen molar-refractivity contribution in [3.8, 4) is 11.8 Å². The maximum atomic E-state index is 13.2. The molecule has 0 saturated heterocycles. The molecule has 2 aliphatic rings. The van der Waals surface area contributed by atoms with Crippen LogP contribution >= 0.6 is 0 Å². The molecule has 2 saturated carbocycles. The number of carbonyl (C=O) groups excluding carboxylic acids is 4. The third-order valence-corrected chi connectivity index (χ3v) is 6.71. The Morgan fingerprint density at radius 1 is 1.00 bits per heavy atom. The molecule has 0 heterocycles. The van der Waals surface area contributed by atoms with Crippen LogP contribution in [-0.4, -0.2) is 36.5 Å². The zero-order valence-electron chi connectivity index (χ0n) is 18.7. The van der Waals surface area contributed by atoms with Crippen molar-refractivity contribution in [2.24, 2.45) is 5.41 Å². The van der Waals surface area contributed by atoms with E-state index >= 15 is 0 Å². The molecule has 2 aliphatic carbocycles. The third-order valence-electron chi connectivity index (χ3n) is 6.71. The molecule has 3 rings (SSSR count). The van der Waals surface area contributed by atoms with Gasteiger partial charge in [-0.15, -0.1) is 5.92 Å². The molecule has 0 aliphatic heterocycles. The number of ketones is 2. The van der Waals surface area contributed by atoms with Crippen LogP contribution in [0.2, 0.25) is 0 Å². The second-order valence-electron chi connectivity index (χ2n) is 8.94. The molecule has 2 fully saturated rings. The van der Waals surface area contributed by atoms with E-state index in [0.29, 0.717) is 38.5 Å². The van der Waals surface area contributed by atoms with Gasteiger partial charge in [-0.25, -0.2) is 0 Å². The summed E-state index contributed by atoms with van der Waals surface area (Å²) in [5.74, 6) is 3.92. The van der Waals surface area contributed by atoms with Gasteiger partial charge in [0.1, 0.15) is 17.5 Å². The number of nitrogens with one attached hydrogen (secondary N) is 2. The van der Waals surface area contributed by atoms with E-state index < -0.39 is 17.7 Å². The minimum absolute atomic E-state index is 0.00961. The maximum Gasteiger partial charge on any atom is 0.309 e. The number of hydrogen-bond donors (Lipinski definition) is 2. The monoisotopic (exact) mass is 422 g/mol. The fourth-order valence-corrected chi connectivity index (χ4v) is 5.25. The van der Waals surface area contributed by atoms with Crippen LogP contribution in [0, 0.1) is 31.1 Å². The zero-order valence-corrected chi connectivity index (χ0v) is 18.7. The summed E-state index contributed by atoms with van der Waals surface area (Å²) in [6, 6.07) is 3.80. The smallest absolute Gasteiger partial charge is 0.309 e. The first kappa shape index (κ1) is 22.7. The van der Waals surface area contributed by atoms with Gasteiger partial charge in [0.2, 0.25) is 0 Å². The molecule has 0 radical (unpaired) electrons. The SMILES string of the molecule is CC#Cc1cc(C)c(C2C(=O)CC3(CCC(NC(=O)C(=O)NC)CC3)CC2=O)c(C)c1. The maximum absolute atomic E-state index is 13.2.